The molecular formula is C25H21Cl2F8N3O4S. The molecule has 3 heterocycles. The van der Waals surface area contributed by atoms with E-state index in [9.17, 15) is 54.6 Å². The molecule has 0 aliphatic carbocycles. The second-order valence-corrected chi connectivity index (χ2v) is 12.3. The third-order valence-corrected chi connectivity index (χ3v) is 9.06. The van der Waals surface area contributed by atoms with Gasteiger partial charge in [0.1, 0.15) is 5.69 Å². The van der Waals surface area contributed by atoms with E-state index in [-0.39, 0.29) is 42.2 Å². The summed E-state index contributed by atoms with van der Waals surface area (Å²) in [5.41, 5.74) is -8.38. The van der Waals surface area contributed by atoms with Gasteiger partial charge in [0.05, 0.1) is 28.0 Å². The monoisotopic (exact) mass is 681 g/mol. The van der Waals surface area contributed by atoms with Crippen molar-refractivity contribution < 1.29 is 54.6 Å². The minimum absolute atomic E-state index is 0.132. The number of aromatic nitrogens is 1. The molecule has 0 unspecified atom stereocenters. The predicted molar refractivity (Wildman–Crippen MR) is 138 cm³/mol. The van der Waals surface area contributed by atoms with E-state index >= 15 is 0 Å². The Morgan fingerprint density at radius 3 is 2.16 bits per heavy atom. The molecule has 43 heavy (non-hydrogen) atoms. The number of hydrogen-bond acceptors (Lipinski definition) is 6. The van der Waals surface area contributed by atoms with Crippen LogP contribution in [0.5, 0.6) is 0 Å². The maximum Gasteiger partial charge on any atom is 0.430 e. The van der Waals surface area contributed by atoms with E-state index in [1.807, 2.05) is 0 Å². The van der Waals surface area contributed by atoms with Crippen molar-refractivity contribution in [1.82, 2.24) is 14.8 Å². The molecule has 1 aromatic carbocycles. The van der Waals surface area contributed by atoms with Crippen molar-refractivity contribution in [2.24, 2.45) is 5.92 Å². The smallest absolute Gasteiger partial charge is 0.369 e. The number of carbonyl (C=O) groups is 3. The number of thiazole rings is 1. The highest BCUT2D eigenvalue weighted by Gasteiger charge is 2.72. The number of benzene rings is 1. The number of piperidine rings is 1. The molecule has 2 amide bonds. The molecule has 4 rings (SSSR count). The predicted octanol–water partition coefficient (Wildman–Crippen LogP) is 6.35. The van der Waals surface area contributed by atoms with Crippen LogP contribution in [0.2, 0.25) is 10.0 Å². The molecule has 2 fully saturated rings. The summed E-state index contributed by atoms with van der Waals surface area (Å²) in [5.74, 6) is -5.69. The molecule has 1 aromatic heterocycles. The Hall–Kier alpha value is -2.56. The Kier molecular flexibility index (Phi) is 8.61. The Morgan fingerprint density at radius 1 is 1.05 bits per heavy atom. The van der Waals surface area contributed by atoms with E-state index < -0.39 is 86.6 Å². The first-order valence-corrected chi connectivity index (χ1v) is 14.0. The topological polar surface area (TPSA) is 90.8 Å². The van der Waals surface area contributed by atoms with Crippen LogP contribution in [0.4, 0.5) is 35.1 Å². The van der Waals surface area contributed by atoms with Gasteiger partial charge in [0, 0.05) is 36.6 Å². The summed E-state index contributed by atoms with van der Waals surface area (Å²) in [6.07, 6.45) is -13.1. The maximum absolute atomic E-state index is 14.1. The largest absolute Gasteiger partial charge is 0.430 e. The number of hydrogen-bond donors (Lipinski definition) is 1. The first-order chi connectivity index (χ1) is 19.6. The van der Waals surface area contributed by atoms with Gasteiger partial charge >= 0.3 is 12.4 Å². The molecule has 2 aromatic rings. The third kappa shape index (κ3) is 5.94. The SMILES string of the molecule is C[C@@H]1CC(=O)CN(C(=O)c2nc(C(=O)N3CC(F)(F)C[C@@H]3C)c(-c3ccc(C(O)(C(F)(F)F)C(F)(F)F)c(Cl)c3Cl)s2)C1. The van der Waals surface area contributed by atoms with Gasteiger partial charge in [-0.2, -0.15) is 26.3 Å². The normalized spacial score (nSPS) is 21.5. The maximum atomic E-state index is 14.1. The van der Waals surface area contributed by atoms with Gasteiger partial charge in [0.25, 0.3) is 23.3 Å². The number of ketones is 1. The van der Waals surface area contributed by atoms with Crippen LogP contribution >= 0.6 is 34.5 Å². The first-order valence-electron chi connectivity index (χ1n) is 12.4. The number of carbonyl (C=O) groups excluding carboxylic acids is 3. The molecule has 0 bridgehead atoms. The number of nitrogens with zero attached hydrogens (tertiary/aromatic N) is 3. The Bertz CT molecular complexity index is 1470. The zero-order chi connectivity index (χ0) is 32.4. The van der Waals surface area contributed by atoms with Crippen molar-refractivity contribution in [1.29, 1.82) is 0 Å². The number of rotatable bonds is 4. The highest BCUT2D eigenvalue weighted by molar-refractivity contribution is 7.17. The van der Waals surface area contributed by atoms with Crippen molar-refractivity contribution in [3.8, 4) is 10.4 Å². The summed E-state index contributed by atoms with van der Waals surface area (Å²) in [6, 6.07) is -0.191. The standard InChI is InChI=1S/C25H21Cl2F8N3O4S/c1-10-5-12(39)8-37(7-10)21(41)19-36-17(20(40)38-9-22(28,29)6-11(38)2)18(43-19)13-3-4-14(16(27)15(13)26)23(42,24(30,31)32)25(33,34)35/h3-4,10-11,42H,5-9H2,1-2H3/t10-,11+/m1/s1. The lowest BCUT2D eigenvalue weighted by Gasteiger charge is -2.33. The van der Waals surface area contributed by atoms with E-state index in [1.54, 1.807) is 6.92 Å². The molecule has 2 atom stereocenters. The molecule has 18 heteroatoms. The number of Topliss-reactive ketones (excluding diaryl/α,β-unsaturated/α-hetero) is 1. The summed E-state index contributed by atoms with van der Waals surface area (Å²) in [7, 11) is 0. The fraction of sp³-hybridized carbons (Fsp3) is 0.520. The lowest BCUT2D eigenvalue weighted by Crippen LogP contribution is -2.54. The Balaban J connectivity index is 1.88. The fourth-order valence-electron chi connectivity index (χ4n) is 5.09. The molecular weight excluding hydrogens is 661 g/mol. The number of amides is 2. The minimum Gasteiger partial charge on any atom is -0.369 e. The van der Waals surface area contributed by atoms with Gasteiger partial charge in [-0.25, -0.2) is 13.8 Å². The summed E-state index contributed by atoms with van der Waals surface area (Å²) in [4.78, 5) is 44.4. The number of aliphatic hydroxyl groups is 1. The number of halogens is 10. The molecule has 236 valence electrons. The summed E-state index contributed by atoms with van der Waals surface area (Å²) < 4.78 is 109. The molecule has 1 N–H and O–H groups in total. The van der Waals surface area contributed by atoms with Crippen LogP contribution in [0.25, 0.3) is 10.4 Å². The van der Waals surface area contributed by atoms with Crippen LogP contribution in [0, 0.1) is 5.92 Å². The van der Waals surface area contributed by atoms with Gasteiger partial charge < -0.3 is 14.9 Å². The second kappa shape index (κ2) is 11.1. The van der Waals surface area contributed by atoms with Crippen molar-refractivity contribution in [2.75, 3.05) is 19.6 Å². The van der Waals surface area contributed by atoms with Crippen LogP contribution in [-0.4, -0.2) is 81.4 Å². The Labute approximate surface area is 252 Å². The van der Waals surface area contributed by atoms with Crippen molar-refractivity contribution in [3.63, 3.8) is 0 Å². The number of alkyl halides is 8. The van der Waals surface area contributed by atoms with Crippen molar-refractivity contribution in [3.05, 3.63) is 38.4 Å². The highest BCUT2D eigenvalue weighted by Crippen LogP contribution is 2.54. The van der Waals surface area contributed by atoms with E-state index in [1.165, 1.54) is 6.92 Å². The molecule has 0 spiro atoms. The summed E-state index contributed by atoms with van der Waals surface area (Å²) in [5, 5.41) is 7.08. The van der Waals surface area contributed by atoms with E-state index in [0.717, 1.165) is 9.80 Å². The van der Waals surface area contributed by atoms with Gasteiger partial charge in [-0.15, -0.1) is 11.3 Å². The van der Waals surface area contributed by atoms with Gasteiger partial charge in [0.2, 0.25) is 0 Å². The summed E-state index contributed by atoms with van der Waals surface area (Å²) >= 11 is 12.5. The number of likely N-dealkylation sites (tertiary alicyclic amines) is 2. The van der Waals surface area contributed by atoms with Crippen LogP contribution in [0.3, 0.4) is 0 Å². The molecule has 2 aliphatic rings. The van der Waals surface area contributed by atoms with Crippen molar-refractivity contribution in [2.45, 2.75) is 56.6 Å². The van der Waals surface area contributed by atoms with Crippen LogP contribution < -0.4 is 0 Å². The minimum atomic E-state index is -6.29. The molecule has 0 radical (unpaired) electrons. The summed E-state index contributed by atoms with van der Waals surface area (Å²) in [6.45, 7) is 1.85. The quantitative estimate of drug-likeness (QED) is 0.380. The van der Waals surface area contributed by atoms with Crippen molar-refractivity contribution >= 4 is 52.1 Å². The lowest BCUT2D eigenvalue weighted by molar-refractivity contribution is -0.376. The average Bonchev–Trinajstić information content (AvgIpc) is 3.42. The van der Waals surface area contributed by atoms with E-state index in [2.05, 4.69) is 4.98 Å². The van der Waals surface area contributed by atoms with E-state index in [4.69, 9.17) is 23.2 Å². The van der Waals surface area contributed by atoms with E-state index in [0.29, 0.717) is 17.4 Å². The molecule has 0 saturated carbocycles. The van der Waals surface area contributed by atoms with Crippen LogP contribution in [0.1, 0.15) is 52.5 Å². The molecule has 2 saturated heterocycles. The zero-order valence-corrected chi connectivity index (χ0v) is 24.4. The van der Waals surface area contributed by atoms with Gasteiger partial charge in [-0.1, -0.05) is 42.3 Å². The third-order valence-electron chi connectivity index (χ3n) is 7.10. The average molecular weight is 682 g/mol. The Morgan fingerprint density at radius 2 is 1.65 bits per heavy atom. The van der Waals surface area contributed by atoms with Crippen LogP contribution in [-0.2, 0) is 10.4 Å². The van der Waals surface area contributed by atoms with Gasteiger partial charge in [-0.3, -0.25) is 14.4 Å². The lowest BCUT2D eigenvalue weighted by atomic mass is 9.91. The zero-order valence-electron chi connectivity index (χ0n) is 22.0. The van der Waals surface area contributed by atoms with Crippen LogP contribution in [0.15, 0.2) is 12.1 Å². The fourth-order valence-corrected chi connectivity index (χ4v) is 6.76. The second-order valence-electron chi connectivity index (χ2n) is 10.6. The first kappa shape index (κ1) is 33.3. The van der Waals surface area contributed by atoms with Gasteiger partial charge in [0.15, 0.2) is 10.8 Å². The molecule has 2 aliphatic heterocycles. The molecule has 7 nitrogen and oxygen atoms in total. The highest BCUT2D eigenvalue weighted by atomic mass is 35.5. The van der Waals surface area contributed by atoms with Gasteiger partial charge in [-0.05, 0) is 12.8 Å².